The van der Waals surface area contributed by atoms with Crippen molar-refractivity contribution in [2.45, 2.75) is 47.0 Å². The zero-order chi connectivity index (χ0) is 23.8. The molecule has 2 aromatic rings. The van der Waals surface area contributed by atoms with Gasteiger partial charge in [0.15, 0.2) is 0 Å². The summed E-state index contributed by atoms with van der Waals surface area (Å²) in [7, 11) is 0. The number of nitrogens with one attached hydrogen (secondary N) is 1. The number of carbonyl (C=O) groups is 2. The van der Waals surface area contributed by atoms with Gasteiger partial charge >= 0.3 is 0 Å². The fourth-order valence-electron chi connectivity index (χ4n) is 3.89. The van der Waals surface area contributed by atoms with E-state index in [1.165, 1.54) is 4.90 Å². The monoisotopic (exact) mass is 450 g/mol. The molecular weight excluding hydrogens is 416 g/mol. The maximum atomic E-state index is 13.4. The van der Waals surface area contributed by atoms with Crippen LogP contribution >= 0.6 is 0 Å². The van der Waals surface area contributed by atoms with Crippen LogP contribution in [0.3, 0.4) is 0 Å². The van der Waals surface area contributed by atoms with Gasteiger partial charge < -0.3 is 14.8 Å². The molecule has 6 heteroatoms. The van der Waals surface area contributed by atoms with Crippen LogP contribution in [-0.4, -0.2) is 43.1 Å². The predicted octanol–water partition coefficient (Wildman–Crippen LogP) is 5.10. The summed E-state index contributed by atoms with van der Waals surface area (Å²) in [6.45, 7) is 10.1. The zero-order valence-electron chi connectivity index (χ0n) is 20.1. The highest BCUT2D eigenvalue weighted by molar-refractivity contribution is 6.36. The van der Waals surface area contributed by atoms with E-state index in [0.29, 0.717) is 55.5 Å². The third kappa shape index (κ3) is 6.02. The standard InChI is InChI=1S/C27H34N2O4/c1-5-7-15-32-16-9-14-29-26(30)24(23-13-12-19(3)17-20(23)4)25(27(29)31)28-21-10-8-11-22(18-21)33-6-2/h8,10-13,17-18,28H,5-7,9,14-16H2,1-4H3. The van der Waals surface area contributed by atoms with E-state index >= 15 is 0 Å². The number of imide groups is 1. The Balaban J connectivity index is 1.88. The van der Waals surface area contributed by atoms with Gasteiger partial charge in [-0.1, -0.05) is 43.2 Å². The van der Waals surface area contributed by atoms with Crippen molar-refractivity contribution >= 4 is 23.1 Å². The van der Waals surface area contributed by atoms with E-state index in [-0.39, 0.29) is 11.8 Å². The molecule has 2 aromatic carbocycles. The van der Waals surface area contributed by atoms with Gasteiger partial charge in [0, 0.05) is 31.5 Å². The topological polar surface area (TPSA) is 67.9 Å². The van der Waals surface area contributed by atoms with Crippen LogP contribution in [-0.2, 0) is 14.3 Å². The molecule has 1 N–H and O–H groups in total. The average molecular weight is 451 g/mol. The minimum absolute atomic E-state index is 0.274. The number of anilines is 1. The van der Waals surface area contributed by atoms with Gasteiger partial charge in [0.25, 0.3) is 11.8 Å². The predicted molar refractivity (Wildman–Crippen MR) is 131 cm³/mol. The van der Waals surface area contributed by atoms with Crippen LogP contribution in [0.2, 0.25) is 0 Å². The van der Waals surface area contributed by atoms with Gasteiger partial charge in [-0.15, -0.1) is 0 Å². The zero-order valence-corrected chi connectivity index (χ0v) is 20.1. The molecule has 0 bridgehead atoms. The molecule has 33 heavy (non-hydrogen) atoms. The Kier molecular flexibility index (Phi) is 8.66. The van der Waals surface area contributed by atoms with Gasteiger partial charge in [-0.2, -0.15) is 0 Å². The van der Waals surface area contributed by atoms with Crippen LogP contribution in [0.25, 0.3) is 5.57 Å². The van der Waals surface area contributed by atoms with Gasteiger partial charge in [-0.05, 0) is 56.9 Å². The summed E-state index contributed by atoms with van der Waals surface area (Å²) in [6, 6.07) is 13.3. The molecule has 0 radical (unpaired) electrons. The third-order valence-electron chi connectivity index (χ3n) is 5.55. The molecule has 176 valence electrons. The second kappa shape index (κ2) is 11.7. The Morgan fingerprint density at radius 1 is 0.939 bits per heavy atom. The second-order valence-electron chi connectivity index (χ2n) is 8.24. The molecule has 0 saturated carbocycles. The summed E-state index contributed by atoms with van der Waals surface area (Å²) in [6.07, 6.45) is 2.69. The Bertz CT molecular complexity index is 1030. The molecule has 6 nitrogen and oxygen atoms in total. The molecule has 0 unspecified atom stereocenters. The van der Waals surface area contributed by atoms with Crippen molar-refractivity contribution in [3.8, 4) is 5.75 Å². The van der Waals surface area contributed by atoms with Crippen molar-refractivity contribution in [3.05, 3.63) is 64.9 Å². The number of aryl methyl sites for hydroxylation is 2. The highest BCUT2D eigenvalue weighted by Gasteiger charge is 2.39. The summed E-state index contributed by atoms with van der Waals surface area (Å²) in [5.41, 5.74) is 4.24. The smallest absolute Gasteiger partial charge is 0.278 e. The van der Waals surface area contributed by atoms with Gasteiger partial charge in [0.05, 0.1) is 12.2 Å². The van der Waals surface area contributed by atoms with Crippen LogP contribution in [0.4, 0.5) is 5.69 Å². The molecular formula is C27H34N2O4. The average Bonchev–Trinajstić information content (AvgIpc) is 3.01. The van der Waals surface area contributed by atoms with E-state index in [1.54, 1.807) is 0 Å². The van der Waals surface area contributed by atoms with E-state index in [0.717, 1.165) is 29.5 Å². The number of unbranched alkanes of at least 4 members (excludes halogenated alkanes) is 1. The quantitative estimate of drug-likeness (QED) is 0.360. The van der Waals surface area contributed by atoms with Crippen LogP contribution in [0.5, 0.6) is 5.75 Å². The number of hydrogen-bond donors (Lipinski definition) is 1. The molecule has 1 heterocycles. The lowest BCUT2D eigenvalue weighted by molar-refractivity contribution is -0.137. The Morgan fingerprint density at radius 2 is 1.73 bits per heavy atom. The maximum Gasteiger partial charge on any atom is 0.278 e. The lowest BCUT2D eigenvalue weighted by Crippen LogP contribution is -2.34. The Hall–Kier alpha value is -3.12. The van der Waals surface area contributed by atoms with Crippen molar-refractivity contribution in [2.75, 3.05) is 31.7 Å². The molecule has 0 fully saturated rings. The molecule has 0 spiro atoms. The van der Waals surface area contributed by atoms with E-state index in [4.69, 9.17) is 9.47 Å². The minimum Gasteiger partial charge on any atom is -0.494 e. The van der Waals surface area contributed by atoms with Crippen LogP contribution < -0.4 is 10.1 Å². The molecule has 0 aliphatic carbocycles. The van der Waals surface area contributed by atoms with Gasteiger partial charge in [-0.25, -0.2) is 0 Å². The van der Waals surface area contributed by atoms with Crippen molar-refractivity contribution in [1.29, 1.82) is 0 Å². The maximum absolute atomic E-state index is 13.4. The van der Waals surface area contributed by atoms with E-state index in [9.17, 15) is 9.59 Å². The number of ether oxygens (including phenoxy) is 2. The van der Waals surface area contributed by atoms with Gasteiger partial charge in [-0.3, -0.25) is 14.5 Å². The first-order valence-corrected chi connectivity index (χ1v) is 11.7. The van der Waals surface area contributed by atoms with E-state index in [2.05, 4.69) is 12.2 Å². The van der Waals surface area contributed by atoms with Crippen molar-refractivity contribution in [3.63, 3.8) is 0 Å². The molecule has 0 atom stereocenters. The Morgan fingerprint density at radius 3 is 2.45 bits per heavy atom. The number of rotatable bonds is 12. The van der Waals surface area contributed by atoms with Crippen molar-refractivity contribution < 1.29 is 19.1 Å². The van der Waals surface area contributed by atoms with Crippen LogP contribution in [0.15, 0.2) is 48.2 Å². The van der Waals surface area contributed by atoms with E-state index in [1.807, 2.05) is 63.2 Å². The number of hydrogen-bond acceptors (Lipinski definition) is 5. The van der Waals surface area contributed by atoms with Crippen LogP contribution in [0.1, 0.15) is 49.8 Å². The highest BCUT2D eigenvalue weighted by atomic mass is 16.5. The summed E-state index contributed by atoms with van der Waals surface area (Å²) in [5, 5.41) is 3.21. The number of benzene rings is 2. The highest BCUT2D eigenvalue weighted by Crippen LogP contribution is 2.33. The lowest BCUT2D eigenvalue weighted by Gasteiger charge is -2.15. The van der Waals surface area contributed by atoms with Gasteiger partial charge in [0.1, 0.15) is 11.4 Å². The second-order valence-corrected chi connectivity index (χ2v) is 8.24. The number of nitrogens with zero attached hydrogens (tertiary/aromatic N) is 1. The van der Waals surface area contributed by atoms with Crippen LogP contribution in [0, 0.1) is 13.8 Å². The first-order chi connectivity index (χ1) is 16.0. The normalized spacial score (nSPS) is 13.8. The summed E-state index contributed by atoms with van der Waals surface area (Å²) < 4.78 is 11.2. The first kappa shape index (κ1) is 24.5. The SMILES string of the molecule is CCCCOCCCN1C(=O)C(Nc2cccc(OCC)c2)=C(c2ccc(C)cc2C)C1=O. The third-order valence-corrected chi connectivity index (χ3v) is 5.55. The Labute approximate surface area is 196 Å². The molecule has 0 saturated heterocycles. The lowest BCUT2D eigenvalue weighted by atomic mass is 9.97. The molecule has 1 aliphatic rings. The molecule has 3 rings (SSSR count). The molecule has 1 aliphatic heterocycles. The van der Waals surface area contributed by atoms with Crippen molar-refractivity contribution in [1.82, 2.24) is 4.90 Å². The van der Waals surface area contributed by atoms with E-state index < -0.39 is 0 Å². The minimum atomic E-state index is -0.314. The largest absolute Gasteiger partial charge is 0.494 e. The molecule has 0 aromatic heterocycles. The first-order valence-electron chi connectivity index (χ1n) is 11.7. The molecule has 2 amide bonds. The summed E-state index contributed by atoms with van der Waals surface area (Å²) >= 11 is 0. The fourth-order valence-corrected chi connectivity index (χ4v) is 3.89. The fraction of sp³-hybridized carbons (Fsp3) is 0.407. The van der Waals surface area contributed by atoms with Gasteiger partial charge in [0.2, 0.25) is 0 Å². The number of amides is 2. The summed E-state index contributed by atoms with van der Waals surface area (Å²) in [5.74, 6) is 0.114. The van der Waals surface area contributed by atoms with Crippen molar-refractivity contribution in [2.24, 2.45) is 0 Å². The number of carbonyl (C=O) groups excluding carboxylic acids is 2. The summed E-state index contributed by atoms with van der Waals surface area (Å²) in [4.78, 5) is 28.1.